The van der Waals surface area contributed by atoms with E-state index in [-0.39, 0.29) is 17.1 Å². The number of hydrogen-bond acceptors (Lipinski definition) is 6. The van der Waals surface area contributed by atoms with Crippen molar-refractivity contribution in [2.24, 2.45) is 12.8 Å². The molecule has 1 amide bonds. The molecule has 5 heterocycles. The molecule has 0 saturated carbocycles. The summed E-state index contributed by atoms with van der Waals surface area (Å²) >= 11 is 0. The number of nitrogens with zero attached hydrogens (tertiary/aromatic N) is 7. The predicted octanol–water partition coefficient (Wildman–Crippen LogP) is 2.20. The first-order valence-electron chi connectivity index (χ1n) is 12.1. The van der Waals surface area contributed by atoms with Gasteiger partial charge in [-0.05, 0) is 48.7 Å². The molecule has 0 spiro atoms. The van der Waals surface area contributed by atoms with Crippen molar-refractivity contribution in [1.29, 1.82) is 0 Å². The fourth-order valence-electron chi connectivity index (χ4n) is 4.21. The molecule has 0 aliphatic carbocycles. The van der Waals surface area contributed by atoms with Crippen LogP contribution in [0.3, 0.4) is 0 Å². The Labute approximate surface area is 222 Å². The summed E-state index contributed by atoms with van der Waals surface area (Å²) in [5.41, 5.74) is 15.2. The maximum Gasteiger partial charge on any atom is 0.338 e. The summed E-state index contributed by atoms with van der Waals surface area (Å²) in [5.74, 6) is 5.66. The number of nitrogen functional groups attached to an aromatic ring is 1. The van der Waals surface area contributed by atoms with Crippen LogP contribution in [-0.2, 0) is 13.5 Å². The van der Waals surface area contributed by atoms with E-state index >= 15 is 0 Å². The zero-order valence-corrected chi connectivity index (χ0v) is 21.3. The molecule has 1 aromatic carbocycles. The Balaban J connectivity index is 0.000000198. The van der Waals surface area contributed by atoms with E-state index in [9.17, 15) is 9.59 Å². The number of carbonyl (C=O) groups is 1. The second-order valence-electron chi connectivity index (χ2n) is 8.59. The Morgan fingerprint density at radius 1 is 1.08 bits per heavy atom. The van der Waals surface area contributed by atoms with Crippen molar-refractivity contribution in [3.05, 3.63) is 112 Å². The summed E-state index contributed by atoms with van der Waals surface area (Å²) < 4.78 is 6.53. The maximum absolute atomic E-state index is 13.2. The SMILES string of the molecule is CCc1cc2ccc(C#Cc3cnn(C)c3)n2c(=O)n1-c1ccccc1.NC(=O)c1c(N)nn2cccnc12. The molecule has 0 bridgehead atoms. The Morgan fingerprint density at radius 2 is 1.87 bits per heavy atom. The van der Waals surface area contributed by atoms with Crippen molar-refractivity contribution in [2.45, 2.75) is 13.3 Å². The highest BCUT2D eigenvalue weighted by molar-refractivity contribution is 6.03. The van der Waals surface area contributed by atoms with Gasteiger partial charge in [-0.15, -0.1) is 5.10 Å². The highest BCUT2D eigenvalue weighted by Crippen LogP contribution is 2.15. The molecule has 39 heavy (non-hydrogen) atoms. The van der Waals surface area contributed by atoms with Crippen molar-refractivity contribution < 1.29 is 4.79 Å². The normalized spacial score (nSPS) is 10.6. The minimum atomic E-state index is -0.619. The van der Waals surface area contributed by atoms with Crippen molar-refractivity contribution in [3.63, 3.8) is 0 Å². The van der Waals surface area contributed by atoms with Crippen LogP contribution in [0.25, 0.3) is 16.9 Å². The van der Waals surface area contributed by atoms with Gasteiger partial charge in [0, 0.05) is 31.3 Å². The molecule has 6 aromatic rings. The lowest BCUT2D eigenvalue weighted by molar-refractivity contribution is 0.100. The molecule has 0 unspecified atom stereocenters. The Kier molecular flexibility index (Phi) is 6.67. The van der Waals surface area contributed by atoms with Crippen LogP contribution in [0.5, 0.6) is 0 Å². The van der Waals surface area contributed by atoms with Gasteiger partial charge < -0.3 is 11.5 Å². The maximum atomic E-state index is 13.2. The number of primary amides is 1. The van der Waals surface area contributed by atoms with Crippen LogP contribution in [0, 0.1) is 11.8 Å². The molecule has 6 rings (SSSR count). The zero-order valence-electron chi connectivity index (χ0n) is 21.3. The molecule has 0 radical (unpaired) electrons. The van der Waals surface area contributed by atoms with E-state index in [2.05, 4.69) is 33.9 Å². The van der Waals surface area contributed by atoms with E-state index in [4.69, 9.17) is 11.5 Å². The molecule has 0 aliphatic heterocycles. The number of hydrogen-bond donors (Lipinski definition) is 2. The lowest BCUT2D eigenvalue weighted by Gasteiger charge is -2.13. The topological polar surface area (TPSA) is 144 Å². The molecular formula is C28H25N9O2. The number of para-hydroxylation sites is 1. The van der Waals surface area contributed by atoms with Crippen LogP contribution in [0.1, 0.15) is 34.2 Å². The van der Waals surface area contributed by atoms with E-state index < -0.39 is 5.91 Å². The summed E-state index contributed by atoms with van der Waals surface area (Å²) in [7, 11) is 1.85. The van der Waals surface area contributed by atoms with Gasteiger partial charge >= 0.3 is 5.69 Å². The Hall–Kier alpha value is -5.63. The molecule has 11 heteroatoms. The number of benzene rings is 1. The van der Waals surface area contributed by atoms with E-state index in [1.165, 1.54) is 4.52 Å². The second kappa shape index (κ2) is 10.4. The summed E-state index contributed by atoms with van der Waals surface area (Å²) in [6, 6.07) is 17.2. The molecule has 0 atom stereocenters. The first-order chi connectivity index (χ1) is 18.9. The Bertz CT molecular complexity index is 1930. The summed E-state index contributed by atoms with van der Waals surface area (Å²) in [5, 5.41) is 7.98. The average Bonchev–Trinajstić information content (AvgIpc) is 3.63. The van der Waals surface area contributed by atoms with E-state index in [0.717, 1.165) is 28.9 Å². The van der Waals surface area contributed by atoms with Crippen molar-refractivity contribution in [3.8, 4) is 17.5 Å². The van der Waals surface area contributed by atoms with Gasteiger partial charge in [0.05, 0.1) is 23.0 Å². The third-order valence-electron chi connectivity index (χ3n) is 5.98. The molecule has 0 fully saturated rings. The largest absolute Gasteiger partial charge is 0.381 e. The molecule has 4 N–H and O–H groups in total. The third-order valence-corrected chi connectivity index (χ3v) is 5.98. The number of anilines is 1. The third kappa shape index (κ3) is 4.86. The first kappa shape index (κ1) is 25.0. The van der Waals surface area contributed by atoms with E-state index in [0.29, 0.717) is 11.3 Å². The van der Waals surface area contributed by atoms with Gasteiger partial charge in [0.25, 0.3) is 5.91 Å². The second-order valence-corrected chi connectivity index (χ2v) is 8.59. The van der Waals surface area contributed by atoms with Crippen LogP contribution >= 0.6 is 0 Å². The van der Waals surface area contributed by atoms with Gasteiger partial charge in [0.1, 0.15) is 11.3 Å². The van der Waals surface area contributed by atoms with Gasteiger partial charge in [-0.2, -0.15) is 5.10 Å². The number of amides is 1. The minimum absolute atomic E-state index is 0.103. The first-order valence-corrected chi connectivity index (χ1v) is 12.1. The lowest BCUT2D eigenvalue weighted by Crippen LogP contribution is -2.28. The Morgan fingerprint density at radius 3 is 2.56 bits per heavy atom. The van der Waals surface area contributed by atoms with E-state index in [1.54, 1.807) is 38.3 Å². The number of carbonyl (C=O) groups excluding carboxylic acids is 1. The number of rotatable bonds is 3. The molecule has 0 saturated heterocycles. The molecule has 11 nitrogen and oxygen atoms in total. The van der Waals surface area contributed by atoms with Crippen LogP contribution < -0.4 is 17.2 Å². The summed E-state index contributed by atoms with van der Waals surface area (Å²) in [4.78, 5) is 28.1. The lowest BCUT2D eigenvalue weighted by atomic mass is 10.2. The molecule has 5 aromatic heterocycles. The van der Waals surface area contributed by atoms with E-state index in [1.807, 2.05) is 61.8 Å². The number of fused-ring (bicyclic) bond motifs is 2. The highest BCUT2D eigenvalue weighted by atomic mass is 16.1. The highest BCUT2D eigenvalue weighted by Gasteiger charge is 2.15. The number of nitrogens with two attached hydrogens (primary N) is 2. The molecule has 194 valence electrons. The predicted molar refractivity (Wildman–Crippen MR) is 147 cm³/mol. The summed E-state index contributed by atoms with van der Waals surface area (Å²) in [6.07, 6.45) is 7.51. The minimum Gasteiger partial charge on any atom is -0.381 e. The van der Waals surface area contributed by atoms with Crippen LogP contribution in [0.2, 0.25) is 0 Å². The average molecular weight is 520 g/mol. The van der Waals surface area contributed by atoms with Gasteiger partial charge in [-0.3, -0.25) is 18.4 Å². The van der Waals surface area contributed by atoms with Crippen LogP contribution in [-0.4, -0.2) is 39.3 Å². The fourth-order valence-corrected chi connectivity index (χ4v) is 4.21. The van der Waals surface area contributed by atoms with Crippen molar-refractivity contribution in [2.75, 3.05) is 5.73 Å². The smallest absolute Gasteiger partial charge is 0.338 e. The quantitative estimate of drug-likeness (QED) is 0.343. The molecular weight excluding hydrogens is 494 g/mol. The zero-order chi connectivity index (χ0) is 27.5. The van der Waals surface area contributed by atoms with Gasteiger partial charge in [-0.25, -0.2) is 14.3 Å². The summed E-state index contributed by atoms with van der Waals surface area (Å²) in [6.45, 7) is 2.05. The number of aromatic nitrogens is 7. The fraction of sp³-hybridized carbons (Fsp3) is 0.107. The van der Waals surface area contributed by atoms with Gasteiger partial charge in [0.2, 0.25) is 0 Å². The van der Waals surface area contributed by atoms with Gasteiger partial charge in [-0.1, -0.05) is 31.0 Å². The standard InChI is InChI=1S/C21H18N4O.C7H7N5O/c1-3-17-13-20-12-11-19(10-9-16-14-22-23(2)15-16)25(20)21(26)24(17)18-7-5-4-6-8-18;8-5-4(6(9)13)7-10-2-1-3-12(7)11-5/h4-8,11-15H,3H2,1-2H3;1-3H,(H2,8,11)(H2,9,13). The van der Waals surface area contributed by atoms with Crippen LogP contribution in [0.4, 0.5) is 5.82 Å². The molecule has 0 aliphatic rings. The van der Waals surface area contributed by atoms with Gasteiger partial charge in [0.15, 0.2) is 11.5 Å². The van der Waals surface area contributed by atoms with Crippen molar-refractivity contribution in [1.82, 2.24) is 33.3 Å². The number of aryl methyl sites for hydroxylation is 2. The monoisotopic (exact) mass is 519 g/mol. The van der Waals surface area contributed by atoms with Crippen LogP contribution in [0.15, 0.2) is 84.2 Å². The van der Waals surface area contributed by atoms with Crippen molar-refractivity contribution >= 4 is 22.9 Å².